The third-order valence-electron chi connectivity index (χ3n) is 2.95. The summed E-state index contributed by atoms with van der Waals surface area (Å²) < 4.78 is 51.0. The molecule has 1 unspecified atom stereocenters. The first kappa shape index (κ1) is 16.3. The van der Waals surface area contributed by atoms with Crippen LogP contribution in [-0.4, -0.2) is 31.4 Å². The third kappa shape index (κ3) is 4.12. The van der Waals surface area contributed by atoms with Crippen LogP contribution in [0.4, 0.5) is 8.78 Å². The van der Waals surface area contributed by atoms with Crippen molar-refractivity contribution in [2.45, 2.75) is 19.4 Å². The molecule has 0 saturated carbocycles. The van der Waals surface area contributed by atoms with Gasteiger partial charge in [0.15, 0.2) is 11.6 Å². The minimum Gasteiger partial charge on any atom is -0.212 e. The molecule has 19 heavy (non-hydrogen) atoms. The summed E-state index contributed by atoms with van der Waals surface area (Å²) in [6, 6.07) is 2.79. The van der Waals surface area contributed by atoms with Gasteiger partial charge < -0.3 is 0 Å². The fourth-order valence-corrected chi connectivity index (χ4v) is 3.30. The first-order chi connectivity index (χ1) is 8.79. The lowest BCUT2D eigenvalue weighted by Crippen LogP contribution is -2.32. The lowest BCUT2D eigenvalue weighted by molar-refractivity contribution is 0.395. The van der Waals surface area contributed by atoms with Crippen LogP contribution < -0.4 is 0 Å². The van der Waals surface area contributed by atoms with Crippen molar-refractivity contribution in [3.8, 4) is 0 Å². The molecule has 0 aliphatic rings. The van der Waals surface area contributed by atoms with Crippen LogP contribution in [0.3, 0.4) is 0 Å². The number of alkyl halides is 1. The van der Waals surface area contributed by atoms with Gasteiger partial charge in [-0.3, -0.25) is 0 Å². The number of nitrogens with zero attached hydrogens (tertiary/aromatic N) is 1. The first-order valence-corrected chi connectivity index (χ1v) is 7.90. The SMILES string of the molecule is CC(c1ccc(F)c(F)c1)N(C)S(=O)(=O)CCCCl. The Morgan fingerprint density at radius 1 is 1.32 bits per heavy atom. The van der Waals surface area contributed by atoms with E-state index in [1.165, 1.54) is 13.1 Å². The summed E-state index contributed by atoms with van der Waals surface area (Å²) in [7, 11) is -2.05. The molecule has 108 valence electrons. The predicted octanol–water partition coefficient (Wildman–Crippen LogP) is 2.92. The van der Waals surface area contributed by atoms with E-state index in [0.29, 0.717) is 12.0 Å². The quantitative estimate of drug-likeness (QED) is 0.758. The molecule has 0 amide bonds. The van der Waals surface area contributed by atoms with Gasteiger partial charge >= 0.3 is 0 Å². The molecule has 0 saturated heterocycles. The predicted molar refractivity (Wildman–Crippen MR) is 71.7 cm³/mol. The summed E-state index contributed by atoms with van der Waals surface area (Å²) in [5.74, 6) is -1.76. The lowest BCUT2D eigenvalue weighted by Gasteiger charge is -2.24. The Morgan fingerprint density at radius 3 is 2.47 bits per heavy atom. The molecule has 0 aromatic heterocycles. The van der Waals surface area contributed by atoms with Gasteiger partial charge in [-0.05, 0) is 31.0 Å². The Balaban J connectivity index is 2.92. The van der Waals surface area contributed by atoms with Crippen LogP contribution in [0, 0.1) is 11.6 Å². The smallest absolute Gasteiger partial charge is 0.212 e. The Bertz CT molecular complexity index is 537. The summed E-state index contributed by atoms with van der Waals surface area (Å²) in [5, 5.41) is 0. The van der Waals surface area contributed by atoms with Crippen molar-refractivity contribution in [3.63, 3.8) is 0 Å². The van der Waals surface area contributed by atoms with Crippen molar-refractivity contribution >= 4 is 21.6 Å². The van der Waals surface area contributed by atoms with Crippen LogP contribution in [0.5, 0.6) is 0 Å². The molecule has 0 radical (unpaired) electrons. The van der Waals surface area contributed by atoms with Gasteiger partial charge in [-0.25, -0.2) is 17.2 Å². The second kappa shape index (κ2) is 6.63. The number of benzene rings is 1. The van der Waals surface area contributed by atoms with Gasteiger partial charge in [-0.15, -0.1) is 11.6 Å². The van der Waals surface area contributed by atoms with Gasteiger partial charge in [0.05, 0.1) is 5.75 Å². The number of rotatable bonds is 6. The topological polar surface area (TPSA) is 37.4 Å². The molecule has 1 aromatic carbocycles. The standard InChI is InChI=1S/C12H16ClF2NO2S/c1-9(10-4-5-11(14)12(15)8-10)16(2)19(17,18)7-3-6-13/h4-5,8-9H,3,6-7H2,1-2H3. The maximum absolute atomic E-state index is 13.1. The highest BCUT2D eigenvalue weighted by atomic mass is 35.5. The number of hydrogen-bond acceptors (Lipinski definition) is 2. The van der Waals surface area contributed by atoms with Gasteiger partial charge in [0.1, 0.15) is 0 Å². The van der Waals surface area contributed by atoms with Gasteiger partial charge in [-0.1, -0.05) is 6.07 Å². The molecular formula is C12H16ClF2NO2S. The highest BCUT2D eigenvalue weighted by Gasteiger charge is 2.24. The van der Waals surface area contributed by atoms with E-state index >= 15 is 0 Å². The van der Waals surface area contributed by atoms with Crippen molar-refractivity contribution in [1.82, 2.24) is 4.31 Å². The van der Waals surface area contributed by atoms with Gasteiger partial charge in [0, 0.05) is 19.0 Å². The Morgan fingerprint density at radius 2 is 1.95 bits per heavy atom. The van der Waals surface area contributed by atoms with E-state index < -0.39 is 27.7 Å². The minimum atomic E-state index is -3.46. The summed E-state index contributed by atoms with van der Waals surface area (Å²) in [4.78, 5) is 0. The van der Waals surface area contributed by atoms with E-state index in [0.717, 1.165) is 16.4 Å². The number of hydrogen-bond donors (Lipinski definition) is 0. The van der Waals surface area contributed by atoms with Crippen LogP contribution in [0.2, 0.25) is 0 Å². The Labute approximate surface area is 117 Å². The molecule has 3 nitrogen and oxygen atoms in total. The normalized spacial score (nSPS) is 13.8. The average molecular weight is 312 g/mol. The molecular weight excluding hydrogens is 296 g/mol. The lowest BCUT2D eigenvalue weighted by atomic mass is 10.1. The van der Waals surface area contributed by atoms with E-state index in [1.54, 1.807) is 6.92 Å². The van der Waals surface area contributed by atoms with Gasteiger partial charge in [0.2, 0.25) is 10.0 Å². The van der Waals surface area contributed by atoms with Crippen LogP contribution in [0.1, 0.15) is 24.9 Å². The second-order valence-corrected chi connectivity index (χ2v) is 6.75. The van der Waals surface area contributed by atoms with Crippen molar-refractivity contribution in [2.75, 3.05) is 18.7 Å². The van der Waals surface area contributed by atoms with Crippen molar-refractivity contribution < 1.29 is 17.2 Å². The second-order valence-electron chi connectivity index (χ2n) is 4.22. The molecule has 0 bridgehead atoms. The molecule has 0 heterocycles. The monoisotopic (exact) mass is 311 g/mol. The fourth-order valence-electron chi connectivity index (χ4n) is 1.60. The molecule has 0 spiro atoms. The average Bonchev–Trinajstić information content (AvgIpc) is 2.38. The third-order valence-corrected chi connectivity index (χ3v) is 5.21. The summed E-state index contributed by atoms with van der Waals surface area (Å²) in [6.45, 7) is 1.62. The van der Waals surface area contributed by atoms with Crippen molar-refractivity contribution in [1.29, 1.82) is 0 Å². The van der Waals surface area contributed by atoms with Crippen molar-refractivity contribution in [2.24, 2.45) is 0 Å². The van der Waals surface area contributed by atoms with E-state index in [-0.39, 0.29) is 11.6 Å². The minimum absolute atomic E-state index is 0.0684. The molecule has 0 N–H and O–H groups in total. The first-order valence-electron chi connectivity index (χ1n) is 5.76. The maximum atomic E-state index is 13.1. The zero-order chi connectivity index (χ0) is 14.6. The Hall–Kier alpha value is -0.720. The number of halogens is 3. The van der Waals surface area contributed by atoms with Gasteiger partial charge in [0.25, 0.3) is 0 Å². The number of sulfonamides is 1. The zero-order valence-electron chi connectivity index (χ0n) is 10.7. The van der Waals surface area contributed by atoms with E-state index in [2.05, 4.69) is 0 Å². The summed E-state index contributed by atoms with van der Waals surface area (Å²) >= 11 is 5.47. The van der Waals surface area contributed by atoms with E-state index in [1.807, 2.05) is 0 Å². The summed E-state index contributed by atoms with van der Waals surface area (Å²) in [5.41, 5.74) is 0.399. The largest absolute Gasteiger partial charge is 0.214 e. The van der Waals surface area contributed by atoms with Crippen LogP contribution in [0.15, 0.2) is 18.2 Å². The molecule has 0 fully saturated rings. The Kier molecular flexibility index (Phi) is 5.70. The molecule has 1 rings (SSSR count). The summed E-state index contributed by atoms with van der Waals surface area (Å²) in [6.07, 6.45) is 0.346. The van der Waals surface area contributed by atoms with Crippen LogP contribution in [-0.2, 0) is 10.0 Å². The molecule has 1 aromatic rings. The van der Waals surface area contributed by atoms with Gasteiger partial charge in [-0.2, -0.15) is 4.31 Å². The van der Waals surface area contributed by atoms with Crippen LogP contribution in [0.25, 0.3) is 0 Å². The van der Waals surface area contributed by atoms with E-state index in [9.17, 15) is 17.2 Å². The fraction of sp³-hybridized carbons (Fsp3) is 0.500. The highest BCUT2D eigenvalue weighted by molar-refractivity contribution is 7.89. The van der Waals surface area contributed by atoms with Crippen LogP contribution >= 0.6 is 11.6 Å². The zero-order valence-corrected chi connectivity index (χ0v) is 12.3. The maximum Gasteiger partial charge on any atom is 0.214 e. The van der Waals surface area contributed by atoms with Crippen molar-refractivity contribution in [3.05, 3.63) is 35.4 Å². The molecule has 0 aliphatic carbocycles. The highest BCUT2D eigenvalue weighted by Crippen LogP contribution is 2.23. The molecule has 1 atom stereocenters. The molecule has 0 aliphatic heterocycles. The van der Waals surface area contributed by atoms with E-state index in [4.69, 9.17) is 11.6 Å². The molecule has 7 heteroatoms.